The van der Waals surface area contributed by atoms with Gasteiger partial charge in [-0.25, -0.2) is 4.39 Å². The molecule has 0 radical (unpaired) electrons. The molecule has 0 saturated heterocycles. The fourth-order valence-corrected chi connectivity index (χ4v) is 3.23. The first-order valence-electron chi connectivity index (χ1n) is 5.54. The van der Waals surface area contributed by atoms with Crippen molar-refractivity contribution in [2.75, 3.05) is 6.54 Å². The van der Waals surface area contributed by atoms with Gasteiger partial charge in [0.25, 0.3) is 0 Å². The smallest absolute Gasteiger partial charge is 0.128 e. The van der Waals surface area contributed by atoms with Crippen LogP contribution in [0.2, 0.25) is 10.0 Å². The predicted molar refractivity (Wildman–Crippen MR) is 76.3 cm³/mol. The van der Waals surface area contributed by atoms with Gasteiger partial charge in [0.05, 0.1) is 11.1 Å². The van der Waals surface area contributed by atoms with E-state index in [0.717, 1.165) is 4.88 Å². The summed E-state index contributed by atoms with van der Waals surface area (Å²) in [5, 5.41) is 6.29. The third kappa shape index (κ3) is 2.86. The topological polar surface area (TPSA) is 12.0 Å². The highest BCUT2D eigenvalue weighted by atomic mass is 35.5. The van der Waals surface area contributed by atoms with Crippen LogP contribution in [0.4, 0.5) is 4.39 Å². The Kier molecular flexibility index (Phi) is 4.62. The van der Waals surface area contributed by atoms with Gasteiger partial charge in [0.2, 0.25) is 0 Å². The zero-order valence-corrected chi connectivity index (χ0v) is 12.0. The Bertz CT molecular complexity index is 542. The zero-order valence-electron chi connectivity index (χ0n) is 9.71. The Morgan fingerprint density at radius 3 is 2.72 bits per heavy atom. The molecule has 0 fully saturated rings. The van der Waals surface area contributed by atoms with E-state index in [1.807, 2.05) is 18.4 Å². The van der Waals surface area contributed by atoms with Crippen molar-refractivity contribution in [3.8, 4) is 0 Å². The molecule has 0 aliphatic heterocycles. The quantitative estimate of drug-likeness (QED) is 0.847. The van der Waals surface area contributed by atoms with E-state index in [1.54, 1.807) is 12.1 Å². The van der Waals surface area contributed by atoms with Crippen molar-refractivity contribution in [2.24, 2.45) is 0 Å². The fourth-order valence-electron chi connectivity index (χ4n) is 1.80. The molecule has 1 N–H and O–H groups in total. The maximum absolute atomic E-state index is 13.9. The number of hydrogen-bond acceptors (Lipinski definition) is 2. The minimum absolute atomic E-state index is 0.263. The maximum Gasteiger partial charge on any atom is 0.128 e. The normalized spacial score (nSPS) is 12.7. The van der Waals surface area contributed by atoms with Crippen molar-refractivity contribution in [1.29, 1.82) is 0 Å². The molecule has 0 spiro atoms. The summed E-state index contributed by atoms with van der Waals surface area (Å²) in [6, 6.07) is 6.11. The number of benzene rings is 1. The van der Waals surface area contributed by atoms with Crippen LogP contribution in [0.3, 0.4) is 0 Å². The van der Waals surface area contributed by atoms with E-state index in [4.69, 9.17) is 23.2 Å². The summed E-state index contributed by atoms with van der Waals surface area (Å²) < 4.78 is 13.9. The van der Waals surface area contributed by atoms with E-state index in [2.05, 4.69) is 5.32 Å². The zero-order chi connectivity index (χ0) is 13.1. The summed E-state index contributed by atoms with van der Waals surface area (Å²) in [6.45, 7) is 2.68. The van der Waals surface area contributed by atoms with Crippen LogP contribution in [0.1, 0.15) is 23.4 Å². The van der Waals surface area contributed by atoms with Crippen molar-refractivity contribution in [3.63, 3.8) is 0 Å². The molecule has 2 aromatic rings. The summed E-state index contributed by atoms with van der Waals surface area (Å²) in [5.74, 6) is -0.283. The number of halogens is 3. The molecule has 0 aliphatic carbocycles. The van der Waals surface area contributed by atoms with Gasteiger partial charge in [-0.15, -0.1) is 11.3 Å². The molecule has 1 nitrogen and oxygen atoms in total. The fraction of sp³-hybridized carbons (Fsp3) is 0.231. The second-order valence-electron chi connectivity index (χ2n) is 3.79. The van der Waals surface area contributed by atoms with Crippen molar-refractivity contribution in [2.45, 2.75) is 13.0 Å². The van der Waals surface area contributed by atoms with Crippen molar-refractivity contribution >= 4 is 34.5 Å². The Morgan fingerprint density at radius 2 is 2.11 bits per heavy atom. The first kappa shape index (κ1) is 13.8. The van der Waals surface area contributed by atoms with Gasteiger partial charge in [-0.3, -0.25) is 0 Å². The minimum atomic E-state index is -0.283. The highest BCUT2D eigenvalue weighted by Gasteiger charge is 2.20. The van der Waals surface area contributed by atoms with Gasteiger partial charge in [0.1, 0.15) is 5.82 Å². The van der Waals surface area contributed by atoms with Crippen LogP contribution in [0.15, 0.2) is 29.6 Å². The van der Waals surface area contributed by atoms with Crippen molar-refractivity contribution in [1.82, 2.24) is 5.32 Å². The minimum Gasteiger partial charge on any atom is -0.306 e. The Labute approximate surface area is 120 Å². The monoisotopic (exact) mass is 303 g/mol. The molecule has 1 aromatic heterocycles. The Morgan fingerprint density at radius 1 is 1.33 bits per heavy atom. The molecule has 0 bridgehead atoms. The van der Waals surface area contributed by atoms with E-state index in [-0.39, 0.29) is 11.9 Å². The van der Waals surface area contributed by atoms with Gasteiger partial charge in [-0.2, -0.15) is 0 Å². The van der Waals surface area contributed by atoms with Gasteiger partial charge in [0.15, 0.2) is 0 Å². The molecule has 0 saturated carbocycles. The molecular formula is C13H12Cl2FNS. The molecule has 5 heteroatoms. The average Bonchev–Trinajstić information content (AvgIpc) is 2.76. The third-order valence-corrected chi connectivity index (χ3v) is 4.24. The van der Waals surface area contributed by atoms with Gasteiger partial charge in [-0.1, -0.05) is 30.1 Å². The Hall–Kier alpha value is -0.610. The molecule has 0 aliphatic rings. The van der Waals surface area contributed by atoms with E-state index in [1.165, 1.54) is 17.4 Å². The van der Waals surface area contributed by atoms with Gasteiger partial charge in [-0.05, 0) is 36.2 Å². The predicted octanol–water partition coefficient (Wildman–Crippen LogP) is 4.89. The molecule has 2 rings (SSSR count). The van der Waals surface area contributed by atoms with E-state index >= 15 is 0 Å². The summed E-state index contributed by atoms with van der Waals surface area (Å²) in [6.07, 6.45) is 0. The van der Waals surface area contributed by atoms with Gasteiger partial charge < -0.3 is 5.32 Å². The lowest BCUT2D eigenvalue weighted by molar-refractivity contribution is 0.563. The van der Waals surface area contributed by atoms with Crippen LogP contribution < -0.4 is 5.32 Å². The van der Waals surface area contributed by atoms with Crippen molar-refractivity contribution in [3.05, 3.63) is 55.9 Å². The summed E-state index contributed by atoms with van der Waals surface area (Å²) in [4.78, 5) is 0.902. The second kappa shape index (κ2) is 6.02. The summed E-state index contributed by atoms with van der Waals surface area (Å²) >= 11 is 13.6. The van der Waals surface area contributed by atoms with Crippen LogP contribution in [0, 0.1) is 5.82 Å². The van der Waals surface area contributed by atoms with E-state index < -0.39 is 0 Å². The largest absolute Gasteiger partial charge is 0.306 e. The van der Waals surface area contributed by atoms with Crippen LogP contribution >= 0.6 is 34.5 Å². The lowest BCUT2D eigenvalue weighted by Crippen LogP contribution is -2.22. The number of nitrogens with one attached hydrogen (secondary N) is 1. The number of thiophene rings is 1. The average molecular weight is 304 g/mol. The highest BCUT2D eigenvalue weighted by molar-refractivity contribution is 7.10. The highest BCUT2D eigenvalue weighted by Crippen LogP contribution is 2.34. The first-order chi connectivity index (χ1) is 8.63. The maximum atomic E-state index is 13.9. The SMILES string of the molecule is CCNC(c1cc(Cl)ccc1F)c1sccc1Cl. The molecule has 1 heterocycles. The molecule has 96 valence electrons. The standard InChI is InChI=1S/C13H12Cl2FNS/c1-2-17-12(13-10(15)5-6-18-13)9-7-8(14)3-4-11(9)16/h3-7,12,17H,2H2,1H3. The molecule has 18 heavy (non-hydrogen) atoms. The van der Waals surface area contributed by atoms with Gasteiger partial charge >= 0.3 is 0 Å². The summed E-state index contributed by atoms with van der Waals surface area (Å²) in [5.41, 5.74) is 0.522. The van der Waals surface area contributed by atoms with Crippen LogP contribution in [-0.4, -0.2) is 6.54 Å². The Balaban J connectivity index is 2.48. The summed E-state index contributed by atoms with van der Waals surface area (Å²) in [7, 11) is 0. The molecule has 0 amide bonds. The lowest BCUT2D eigenvalue weighted by atomic mass is 10.0. The molecule has 1 atom stereocenters. The van der Waals surface area contributed by atoms with Crippen LogP contribution in [0.5, 0.6) is 0 Å². The van der Waals surface area contributed by atoms with E-state index in [9.17, 15) is 4.39 Å². The number of rotatable bonds is 4. The van der Waals surface area contributed by atoms with E-state index in [0.29, 0.717) is 22.2 Å². The molecular weight excluding hydrogens is 292 g/mol. The van der Waals surface area contributed by atoms with Crippen LogP contribution in [0.25, 0.3) is 0 Å². The van der Waals surface area contributed by atoms with Gasteiger partial charge in [0, 0.05) is 15.5 Å². The van der Waals surface area contributed by atoms with Crippen molar-refractivity contribution < 1.29 is 4.39 Å². The molecule has 1 aromatic carbocycles. The third-order valence-electron chi connectivity index (χ3n) is 2.58. The lowest BCUT2D eigenvalue weighted by Gasteiger charge is -2.18. The van der Waals surface area contributed by atoms with Crippen LogP contribution in [-0.2, 0) is 0 Å². The second-order valence-corrected chi connectivity index (χ2v) is 5.58. The first-order valence-corrected chi connectivity index (χ1v) is 7.18. The molecule has 1 unspecified atom stereocenters. The number of hydrogen-bond donors (Lipinski definition) is 1.